The van der Waals surface area contributed by atoms with Gasteiger partial charge in [0.05, 0.1) is 32.9 Å². The highest BCUT2D eigenvalue weighted by Gasteiger charge is 2.32. The number of benzene rings is 1. The van der Waals surface area contributed by atoms with Crippen molar-refractivity contribution in [2.45, 2.75) is 38.5 Å². The summed E-state index contributed by atoms with van der Waals surface area (Å²) in [5.41, 5.74) is 1.10. The maximum atomic E-state index is 5.83. The van der Waals surface area contributed by atoms with Crippen LogP contribution in [0.5, 0.6) is 11.5 Å². The van der Waals surface area contributed by atoms with E-state index in [1.807, 2.05) is 16.8 Å². The van der Waals surface area contributed by atoms with E-state index in [9.17, 15) is 0 Å². The topological polar surface area (TPSA) is 77.8 Å². The number of aromatic nitrogens is 4. The van der Waals surface area contributed by atoms with Crippen LogP contribution in [-0.4, -0.2) is 89.7 Å². The molecule has 164 valence electrons. The number of likely N-dealkylation sites (N-methyl/N-ethyl adjacent to an activating group) is 1. The molecule has 2 aromatic rings. The molecule has 0 bridgehead atoms. The number of hydrogen-bond acceptors (Lipinski definition) is 8. The molecule has 30 heavy (non-hydrogen) atoms. The molecule has 3 heterocycles. The van der Waals surface area contributed by atoms with E-state index in [-0.39, 0.29) is 12.1 Å². The highest BCUT2D eigenvalue weighted by atomic mass is 16.5. The van der Waals surface area contributed by atoms with Crippen molar-refractivity contribution in [3.05, 3.63) is 29.6 Å². The highest BCUT2D eigenvalue weighted by molar-refractivity contribution is 5.45. The van der Waals surface area contributed by atoms with Crippen LogP contribution in [0.1, 0.15) is 37.2 Å². The van der Waals surface area contributed by atoms with Crippen LogP contribution in [0.3, 0.4) is 0 Å². The molecule has 0 radical (unpaired) electrons. The van der Waals surface area contributed by atoms with Crippen LogP contribution >= 0.6 is 0 Å². The van der Waals surface area contributed by atoms with E-state index < -0.39 is 0 Å². The molecule has 0 aliphatic carbocycles. The molecule has 2 aliphatic rings. The third-order valence-corrected chi connectivity index (χ3v) is 6.15. The molecule has 9 heteroatoms. The third kappa shape index (κ3) is 4.43. The summed E-state index contributed by atoms with van der Waals surface area (Å²) in [5, 5.41) is 12.8. The van der Waals surface area contributed by atoms with E-state index in [0.29, 0.717) is 12.3 Å². The van der Waals surface area contributed by atoms with Gasteiger partial charge in [0.25, 0.3) is 0 Å². The zero-order valence-electron chi connectivity index (χ0n) is 18.2. The molecule has 2 saturated heterocycles. The van der Waals surface area contributed by atoms with Crippen molar-refractivity contribution in [3.63, 3.8) is 0 Å². The molecule has 0 saturated carbocycles. The summed E-state index contributed by atoms with van der Waals surface area (Å²) in [6.07, 6.45) is 2.32. The fourth-order valence-electron chi connectivity index (χ4n) is 4.40. The molecule has 2 atom stereocenters. The Morgan fingerprint density at radius 1 is 1.13 bits per heavy atom. The standard InChI is InChI=1S/C21H32N6O3/c1-4-25-9-11-26(12-10-25)20(16-7-8-18(28-2)19(14-16)29-3)21-22-23-24-27(21)15-17-6-5-13-30-17/h7-8,14,17,20H,4-6,9-13,15H2,1-3H3. The molecule has 2 fully saturated rings. The lowest BCUT2D eigenvalue weighted by Crippen LogP contribution is -2.48. The number of rotatable bonds is 8. The van der Waals surface area contributed by atoms with Gasteiger partial charge in [0.1, 0.15) is 0 Å². The van der Waals surface area contributed by atoms with Gasteiger partial charge >= 0.3 is 0 Å². The molecular weight excluding hydrogens is 384 g/mol. The van der Waals surface area contributed by atoms with E-state index in [4.69, 9.17) is 14.2 Å². The van der Waals surface area contributed by atoms with Crippen molar-refractivity contribution in [2.75, 3.05) is 53.6 Å². The molecule has 1 aromatic carbocycles. The molecule has 1 aromatic heterocycles. The number of hydrogen-bond donors (Lipinski definition) is 0. The van der Waals surface area contributed by atoms with Crippen LogP contribution in [0, 0.1) is 0 Å². The minimum absolute atomic E-state index is 0.0554. The van der Waals surface area contributed by atoms with Crippen molar-refractivity contribution in [1.29, 1.82) is 0 Å². The fraction of sp³-hybridized carbons (Fsp3) is 0.667. The highest BCUT2D eigenvalue weighted by Crippen LogP contribution is 2.35. The first-order chi connectivity index (χ1) is 14.7. The van der Waals surface area contributed by atoms with E-state index >= 15 is 0 Å². The third-order valence-electron chi connectivity index (χ3n) is 6.15. The summed E-state index contributed by atoms with van der Waals surface area (Å²) >= 11 is 0. The second-order valence-electron chi connectivity index (χ2n) is 7.84. The van der Waals surface area contributed by atoms with E-state index in [2.05, 4.69) is 38.3 Å². The van der Waals surface area contributed by atoms with Crippen LogP contribution in [0.2, 0.25) is 0 Å². The van der Waals surface area contributed by atoms with Gasteiger partial charge in [-0.15, -0.1) is 5.10 Å². The summed E-state index contributed by atoms with van der Waals surface area (Å²) in [6, 6.07) is 6.03. The predicted octanol–water partition coefficient (Wildman–Crippen LogP) is 1.60. The number of piperazine rings is 1. The Morgan fingerprint density at radius 3 is 2.60 bits per heavy atom. The molecule has 2 unspecified atom stereocenters. The van der Waals surface area contributed by atoms with E-state index in [0.717, 1.165) is 69.3 Å². The van der Waals surface area contributed by atoms with Gasteiger partial charge in [-0.2, -0.15) is 0 Å². The smallest absolute Gasteiger partial charge is 0.173 e. The maximum absolute atomic E-state index is 5.83. The summed E-state index contributed by atoms with van der Waals surface area (Å²) in [6.45, 7) is 8.77. The van der Waals surface area contributed by atoms with Crippen LogP contribution in [0.4, 0.5) is 0 Å². The van der Waals surface area contributed by atoms with Crippen LogP contribution in [-0.2, 0) is 11.3 Å². The lowest BCUT2D eigenvalue weighted by molar-refractivity contribution is 0.0861. The Bertz CT molecular complexity index is 815. The first-order valence-corrected chi connectivity index (χ1v) is 10.8. The normalized spacial score (nSPS) is 21.6. The van der Waals surface area contributed by atoms with Crippen molar-refractivity contribution in [1.82, 2.24) is 30.0 Å². The van der Waals surface area contributed by atoms with Crippen LogP contribution in [0.25, 0.3) is 0 Å². The number of ether oxygens (including phenoxy) is 3. The number of nitrogens with zero attached hydrogens (tertiary/aromatic N) is 6. The SMILES string of the molecule is CCN1CCN(C(c2ccc(OC)c(OC)c2)c2nnnn2CC2CCCO2)CC1. The average molecular weight is 417 g/mol. The second-order valence-corrected chi connectivity index (χ2v) is 7.84. The van der Waals surface area contributed by atoms with Crippen LogP contribution < -0.4 is 9.47 Å². The first-order valence-electron chi connectivity index (χ1n) is 10.8. The van der Waals surface area contributed by atoms with Gasteiger partial charge in [0, 0.05) is 32.8 Å². The minimum atomic E-state index is -0.0554. The lowest BCUT2D eigenvalue weighted by Gasteiger charge is -2.38. The summed E-state index contributed by atoms with van der Waals surface area (Å²) in [5.74, 6) is 2.28. The Morgan fingerprint density at radius 2 is 1.93 bits per heavy atom. The van der Waals surface area contributed by atoms with E-state index in [1.165, 1.54) is 0 Å². The number of methoxy groups -OCH3 is 2. The second kappa shape index (κ2) is 9.72. The van der Waals surface area contributed by atoms with Crippen molar-refractivity contribution >= 4 is 0 Å². The quantitative estimate of drug-likeness (QED) is 0.642. The van der Waals surface area contributed by atoms with Gasteiger partial charge in [-0.25, -0.2) is 4.68 Å². The largest absolute Gasteiger partial charge is 0.493 e. The zero-order chi connectivity index (χ0) is 20.9. The average Bonchev–Trinajstić information content (AvgIpc) is 3.47. The van der Waals surface area contributed by atoms with E-state index in [1.54, 1.807) is 14.2 Å². The molecule has 0 N–H and O–H groups in total. The molecule has 9 nitrogen and oxygen atoms in total. The maximum Gasteiger partial charge on any atom is 0.173 e. The Hall–Kier alpha value is -2.23. The zero-order valence-corrected chi connectivity index (χ0v) is 18.2. The van der Waals surface area contributed by atoms with Crippen molar-refractivity contribution in [3.8, 4) is 11.5 Å². The van der Waals surface area contributed by atoms with Gasteiger partial charge in [-0.3, -0.25) is 4.90 Å². The summed E-state index contributed by atoms with van der Waals surface area (Å²) in [4.78, 5) is 4.93. The molecule has 2 aliphatic heterocycles. The van der Waals surface area contributed by atoms with Gasteiger partial charge in [-0.05, 0) is 47.5 Å². The first kappa shape index (κ1) is 21.0. The molecule has 0 spiro atoms. The monoisotopic (exact) mass is 416 g/mol. The van der Waals surface area contributed by atoms with Crippen molar-refractivity contribution in [2.24, 2.45) is 0 Å². The minimum Gasteiger partial charge on any atom is -0.493 e. The molecule has 4 rings (SSSR count). The predicted molar refractivity (Wildman–Crippen MR) is 112 cm³/mol. The van der Waals surface area contributed by atoms with Gasteiger partial charge in [0.15, 0.2) is 17.3 Å². The van der Waals surface area contributed by atoms with Gasteiger partial charge in [0.2, 0.25) is 0 Å². The Kier molecular flexibility index (Phi) is 6.81. The molecular formula is C21H32N6O3. The Balaban J connectivity index is 1.67. The Labute approximate surface area is 177 Å². The van der Waals surface area contributed by atoms with Crippen LogP contribution in [0.15, 0.2) is 18.2 Å². The number of tetrazole rings is 1. The summed E-state index contributed by atoms with van der Waals surface area (Å²) in [7, 11) is 3.32. The van der Waals surface area contributed by atoms with Gasteiger partial charge in [-0.1, -0.05) is 13.0 Å². The molecule has 0 amide bonds. The van der Waals surface area contributed by atoms with Crippen molar-refractivity contribution < 1.29 is 14.2 Å². The summed E-state index contributed by atoms with van der Waals surface area (Å²) < 4.78 is 18.8. The fourth-order valence-corrected chi connectivity index (χ4v) is 4.40. The van der Waals surface area contributed by atoms with Gasteiger partial charge < -0.3 is 19.1 Å². The lowest BCUT2D eigenvalue weighted by atomic mass is 10.0.